The van der Waals surface area contributed by atoms with E-state index in [1.54, 1.807) is 12.1 Å². The molecule has 0 atom stereocenters. The summed E-state index contributed by atoms with van der Waals surface area (Å²) in [5.74, 6) is 5.47. The first-order valence-corrected chi connectivity index (χ1v) is 4.14. The second kappa shape index (κ2) is 4.67. The summed E-state index contributed by atoms with van der Waals surface area (Å²) in [6.45, 7) is 0. The van der Waals surface area contributed by atoms with Crippen LogP contribution in [0.15, 0.2) is 18.2 Å². The minimum atomic E-state index is -1.04. The Morgan fingerprint density at radius 3 is 2.80 bits per heavy atom. The largest absolute Gasteiger partial charge is 0.493 e. The van der Waals surface area contributed by atoms with Crippen molar-refractivity contribution in [3.63, 3.8) is 0 Å². The van der Waals surface area contributed by atoms with E-state index < -0.39 is 5.09 Å². The maximum atomic E-state index is 10.1. The third kappa shape index (κ3) is 2.61. The second-order valence-electron chi connectivity index (χ2n) is 2.42. The lowest BCUT2D eigenvalue weighted by atomic mass is 10.3. The molecule has 0 aliphatic heterocycles. The third-order valence-corrected chi connectivity index (χ3v) is 1.84. The summed E-state index contributed by atoms with van der Waals surface area (Å²) < 4.78 is 4.92. The van der Waals surface area contributed by atoms with Gasteiger partial charge in [0.15, 0.2) is 5.75 Å². The molecule has 8 heteroatoms. The molecule has 0 unspecified atom stereocenters. The van der Waals surface area contributed by atoms with E-state index >= 15 is 0 Å². The van der Waals surface area contributed by atoms with Crippen molar-refractivity contribution in [3.05, 3.63) is 33.3 Å². The Bertz CT molecular complexity index is 373. The van der Waals surface area contributed by atoms with Crippen molar-refractivity contribution in [3.8, 4) is 5.75 Å². The van der Waals surface area contributed by atoms with Crippen LogP contribution in [-0.2, 0) is 4.94 Å². The van der Waals surface area contributed by atoms with E-state index in [2.05, 4.69) is 4.94 Å². The van der Waals surface area contributed by atoms with Crippen LogP contribution in [0.4, 0.5) is 5.69 Å². The van der Waals surface area contributed by atoms with E-state index in [-0.39, 0.29) is 16.5 Å². The van der Waals surface area contributed by atoms with Gasteiger partial charge in [0.1, 0.15) is 5.69 Å². The van der Waals surface area contributed by atoms with Gasteiger partial charge in [-0.15, -0.1) is 15.3 Å². The summed E-state index contributed by atoms with van der Waals surface area (Å²) in [7, 11) is 1.37. The van der Waals surface area contributed by atoms with Gasteiger partial charge < -0.3 is 4.74 Å². The zero-order valence-electron chi connectivity index (χ0n) is 7.71. The first-order valence-electron chi connectivity index (χ1n) is 3.76. The molecule has 0 saturated carbocycles. The van der Waals surface area contributed by atoms with Crippen LogP contribution in [0.25, 0.3) is 0 Å². The highest BCUT2D eigenvalue weighted by atomic mass is 35.5. The molecule has 0 aromatic heterocycles. The van der Waals surface area contributed by atoms with Crippen LogP contribution < -0.4 is 15.8 Å². The molecule has 1 aromatic carbocycles. The Kier molecular flexibility index (Phi) is 3.53. The van der Waals surface area contributed by atoms with Crippen LogP contribution in [0.2, 0.25) is 5.02 Å². The fourth-order valence-electron chi connectivity index (χ4n) is 0.989. The Labute approximate surface area is 90.0 Å². The quantitative estimate of drug-likeness (QED) is 0.477. The minimum absolute atomic E-state index is 0.154. The van der Waals surface area contributed by atoms with Crippen LogP contribution in [0.1, 0.15) is 0 Å². The Morgan fingerprint density at radius 1 is 1.60 bits per heavy atom. The summed E-state index contributed by atoms with van der Waals surface area (Å²) in [4.78, 5) is 14.1. The summed E-state index contributed by atoms with van der Waals surface area (Å²) in [5, 5.41) is 9.75. The van der Waals surface area contributed by atoms with Crippen molar-refractivity contribution < 1.29 is 14.8 Å². The van der Waals surface area contributed by atoms with Crippen LogP contribution in [0, 0.1) is 10.1 Å². The van der Waals surface area contributed by atoms with Crippen LogP contribution >= 0.6 is 11.6 Å². The van der Waals surface area contributed by atoms with Crippen molar-refractivity contribution in [2.45, 2.75) is 0 Å². The van der Waals surface area contributed by atoms with Crippen molar-refractivity contribution in [1.82, 2.24) is 0 Å². The predicted octanol–water partition coefficient (Wildman–Crippen LogP) is 1.15. The molecule has 0 radical (unpaired) electrons. The SMILES string of the molecule is COc1c(Cl)cccc1N(N)O[N+](=O)[O-]. The number of benzene rings is 1. The summed E-state index contributed by atoms with van der Waals surface area (Å²) in [5.41, 5.74) is 0.154. The lowest BCUT2D eigenvalue weighted by Gasteiger charge is -2.17. The average molecular weight is 234 g/mol. The molecule has 7 nitrogen and oxygen atoms in total. The number of hydrazine groups is 1. The maximum absolute atomic E-state index is 10.1. The number of methoxy groups -OCH3 is 1. The van der Waals surface area contributed by atoms with Gasteiger partial charge in [-0.05, 0) is 12.1 Å². The molecule has 15 heavy (non-hydrogen) atoms. The number of halogens is 1. The molecule has 0 aliphatic rings. The zero-order chi connectivity index (χ0) is 11.4. The van der Waals surface area contributed by atoms with Gasteiger partial charge >= 0.3 is 5.09 Å². The molecule has 0 heterocycles. The number of hydrogen-bond donors (Lipinski definition) is 1. The van der Waals surface area contributed by atoms with Gasteiger partial charge in [0, 0.05) is 0 Å². The van der Waals surface area contributed by atoms with Gasteiger partial charge in [0.05, 0.1) is 12.1 Å². The van der Waals surface area contributed by atoms with Gasteiger partial charge in [-0.2, -0.15) is 4.94 Å². The first kappa shape index (κ1) is 11.3. The summed E-state index contributed by atoms with van der Waals surface area (Å²) in [6, 6.07) is 4.58. The molecule has 0 aliphatic carbocycles. The van der Waals surface area contributed by atoms with Crippen LogP contribution in [0.3, 0.4) is 0 Å². The highest BCUT2D eigenvalue weighted by molar-refractivity contribution is 6.32. The maximum Gasteiger partial charge on any atom is 0.318 e. The Balaban J connectivity index is 3.02. The summed E-state index contributed by atoms with van der Waals surface area (Å²) >= 11 is 5.78. The van der Waals surface area contributed by atoms with Gasteiger partial charge in [-0.1, -0.05) is 17.7 Å². The van der Waals surface area contributed by atoms with E-state index in [1.165, 1.54) is 13.2 Å². The van der Waals surface area contributed by atoms with Crippen molar-refractivity contribution in [1.29, 1.82) is 0 Å². The number of para-hydroxylation sites is 1. The van der Waals surface area contributed by atoms with Crippen molar-refractivity contribution in [2.24, 2.45) is 5.84 Å². The molecule has 1 aromatic rings. The number of hydrogen-bond acceptors (Lipinski definition) is 6. The highest BCUT2D eigenvalue weighted by Crippen LogP contribution is 2.33. The topological polar surface area (TPSA) is 90.9 Å². The standard InChI is InChI=1S/C7H8ClN3O4/c1-14-7-5(8)3-2-4-6(7)10(9)15-11(12)13/h2-4H,9H2,1H3. The van der Waals surface area contributed by atoms with Gasteiger partial charge in [-0.25, -0.2) is 5.84 Å². The Morgan fingerprint density at radius 2 is 2.27 bits per heavy atom. The molecule has 0 amide bonds. The van der Waals surface area contributed by atoms with E-state index in [4.69, 9.17) is 22.2 Å². The number of nitrogens with zero attached hydrogens (tertiary/aromatic N) is 2. The first-order chi connectivity index (χ1) is 7.06. The fraction of sp³-hybridized carbons (Fsp3) is 0.143. The molecule has 0 bridgehead atoms. The molecule has 82 valence electrons. The van der Waals surface area contributed by atoms with Crippen LogP contribution in [-0.4, -0.2) is 12.2 Å². The molecular formula is C7H8ClN3O4. The zero-order valence-corrected chi connectivity index (χ0v) is 8.47. The Hall–Kier alpha value is -1.73. The second-order valence-corrected chi connectivity index (χ2v) is 2.83. The minimum Gasteiger partial charge on any atom is -0.493 e. The molecule has 0 spiro atoms. The van der Waals surface area contributed by atoms with Gasteiger partial charge in [-0.3, -0.25) is 0 Å². The van der Waals surface area contributed by atoms with E-state index in [9.17, 15) is 10.1 Å². The summed E-state index contributed by atoms with van der Waals surface area (Å²) in [6.07, 6.45) is 0. The molecule has 1 rings (SSSR count). The smallest absolute Gasteiger partial charge is 0.318 e. The molecule has 2 N–H and O–H groups in total. The molecule has 0 fully saturated rings. The monoisotopic (exact) mass is 233 g/mol. The van der Waals surface area contributed by atoms with E-state index in [0.717, 1.165) is 0 Å². The number of ether oxygens (including phenoxy) is 1. The third-order valence-electron chi connectivity index (χ3n) is 1.54. The normalized spacial score (nSPS) is 9.53. The number of rotatable bonds is 4. The number of anilines is 1. The van der Waals surface area contributed by atoms with Gasteiger partial charge in [0.25, 0.3) is 0 Å². The molecule has 0 saturated heterocycles. The van der Waals surface area contributed by atoms with Crippen molar-refractivity contribution in [2.75, 3.05) is 12.3 Å². The van der Waals surface area contributed by atoms with E-state index in [1.807, 2.05) is 0 Å². The fourth-order valence-corrected chi connectivity index (χ4v) is 1.24. The highest BCUT2D eigenvalue weighted by Gasteiger charge is 2.14. The van der Waals surface area contributed by atoms with Crippen LogP contribution in [0.5, 0.6) is 5.75 Å². The van der Waals surface area contributed by atoms with Crippen molar-refractivity contribution >= 4 is 17.3 Å². The van der Waals surface area contributed by atoms with E-state index in [0.29, 0.717) is 5.17 Å². The molecular weight excluding hydrogens is 226 g/mol. The van der Waals surface area contributed by atoms with Gasteiger partial charge in [0.2, 0.25) is 0 Å². The lowest BCUT2D eigenvalue weighted by Crippen LogP contribution is -2.33. The average Bonchev–Trinajstić information content (AvgIpc) is 2.16. The number of nitrogens with two attached hydrogens (primary N) is 1. The predicted molar refractivity (Wildman–Crippen MR) is 52.7 cm³/mol. The lowest BCUT2D eigenvalue weighted by molar-refractivity contribution is -0.762.